The first-order chi connectivity index (χ1) is 8.27. The molecule has 17 heavy (non-hydrogen) atoms. The van der Waals surface area contributed by atoms with Gasteiger partial charge in [-0.3, -0.25) is 0 Å². The Kier molecular flexibility index (Phi) is 3.82. The van der Waals surface area contributed by atoms with Gasteiger partial charge in [-0.15, -0.1) is 0 Å². The molecule has 1 aromatic rings. The maximum atomic E-state index is 11.2. The molecule has 92 valence electrons. The lowest BCUT2D eigenvalue weighted by molar-refractivity contribution is 0.217. The number of nitrogens with zero attached hydrogens (tertiary/aromatic N) is 1. The number of phenols is 1. The van der Waals surface area contributed by atoms with Crippen LogP contribution in [0.1, 0.15) is 5.56 Å². The number of hydrogen-bond acceptors (Lipinski definition) is 3. The van der Waals surface area contributed by atoms with Crippen LogP contribution >= 0.6 is 0 Å². The van der Waals surface area contributed by atoms with Crippen molar-refractivity contribution in [3.63, 3.8) is 0 Å². The normalized spacial score (nSPS) is 15.1. The van der Waals surface area contributed by atoms with E-state index in [2.05, 4.69) is 10.6 Å². The summed E-state index contributed by atoms with van der Waals surface area (Å²) in [6.07, 6.45) is 0. The van der Waals surface area contributed by atoms with Crippen molar-refractivity contribution in [2.24, 2.45) is 0 Å². The molecule has 1 aliphatic rings. The van der Waals surface area contributed by atoms with Gasteiger partial charge in [0.2, 0.25) is 0 Å². The van der Waals surface area contributed by atoms with Gasteiger partial charge in [-0.1, -0.05) is 18.2 Å². The molecule has 0 saturated carbocycles. The fourth-order valence-corrected chi connectivity index (χ4v) is 1.82. The van der Waals surface area contributed by atoms with Gasteiger partial charge in [0.25, 0.3) is 0 Å². The minimum absolute atomic E-state index is 0.00867. The van der Waals surface area contributed by atoms with Gasteiger partial charge < -0.3 is 20.6 Å². The summed E-state index contributed by atoms with van der Waals surface area (Å²) >= 11 is 0. The highest BCUT2D eigenvalue weighted by atomic mass is 16.3. The summed E-state index contributed by atoms with van der Waals surface area (Å²) in [5, 5.41) is 15.5. The van der Waals surface area contributed by atoms with Crippen LogP contribution in [0, 0.1) is 0 Å². The molecule has 0 aliphatic carbocycles. The standard InChI is InChI=1S/C12H17N3O2/c16-11-4-2-1-3-10(11)9-13-5-7-15-8-6-14-12(15)17/h1-4,13,16H,5-9H2,(H,14,17). The van der Waals surface area contributed by atoms with Crippen molar-refractivity contribution in [1.82, 2.24) is 15.5 Å². The van der Waals surface area contributed by atoms with Crippen LogP contribution in [-0.2, 0) is 6.54 Å². The molecule has 2 amide bonds. The maximum absolute atomic E-state index is 11.2. The van der Waals surface area contributed by atoms with E-state index >= 15 is 0 Å². The van der Waals surface area contributed by atoms with Crippen molar-refractivity contribution in [1.29, 1.82) is 0 Å². The van der Waals surface area contributed by atoms with Gasteiger partial charge in [-0.05, 0) is 6.07 Å². The van der Waals surface area contributed by atoms with Crippen LogP contribution in [-0.4, -0.2) is 42.2 Å². The number of carbonyl (C=O) groups excluding carboxylic acids is 1. The van der Waals surface area contributed by atoms with E-state index < -0.39 is 0 Å². The number of rotatable bonds is 5. The van der Waals surface area contributed by atoms with Crippen LogP contribution in [0.25, 0.3) is 0 Å². The summed E-state index contributed by atoms with van der Waals surface area (Å²) in [5.74, 6) is 0.305. The Morgan fingerprint density at radius 3 is 2.94 bits per heavy atom. The summed E-state index contributed by atoms with van der Waals surface area (Å²) in [7, 11) is 0. The number of urea groups is 1. The van der Waals surface area contributed by atoms with Crippen molar-refractivity contribution in [3.05, 3.63) is 29.8 Å². The summed E-state index contributed by atoms with van der Waals surface area (Å²) < 4.78 is 0. The lowest BCUT2D eigenvalue weighted by Crippen LogP contribution is -2.34. The van der Waals surface area contributed by atoms with Gasteiger partial charge >= 0.3 is 6.03 Å². The molecule has 0 atom stereocenters. The van der Waals surface area contributed by atoms with E-state index in [4.69, 9.17) is 0 Å². The fraction of sp³-hybridized carbons (Fsp3) is 0.417. The van der Waals surface area contributed by atoms with Gasteiger partial charge in [-0.2, -0.15) is 0 Å². The zero-order valence-corrected chi connectivity index (χ0v) is 9.65. The molecule has 2 rings (SSSR count). The first-order valence-corrected chi connectivity index (χ1v) is 5.78. The number of para-hydroxylation sites is 1. The van der Waals surface area contributed by atoms with Gasteiger partial charge in [0, 0.05) is 38.3 Å². The van der Waals surface area contributed by atoms with E-state index in [-0.39, 0.29) is 6.03 Å². The summed E-state index contributed by atoms with van der Waals surface area (Å²) in [6, 6.07) is 7.25. The number of amides is 2. The largest absolute Gasteiger partial charge is 0.508 e. The molecule has 0 radical (unpaired) electrons. The third-order valence-electron chi connectivity index (χ3n) is 2.81. The second kappa shape index (κ2) is 5.54. The molecule has 5 heteroatoms. The van der Waals surface area contributed by atoms with E-state index in [1.807, 2.05) is 12.1 Å². The van der Waals surface area contributed by atoms with Gasteiger partial charge in [-0.25, -0.2) is 4.79 Å². The second-order valence-electron chi connectivity index (χ2n) is 4.02. The van der Waals surface area contributed by atoms with Crippen molar-refractivity contribution >= 4 is 6.03 Å². The molecule has 1 heterocycles. The third-order valence-corrected chi connectivity index (χ3v) is 2.81. The molecule has 0 spiro atoms. The summed E-state index contributed by atoms with van der Waals surface area (Å²) in [5.41, 5.74) is 0.873. The van der Waals surface area contributed by atoms with Gasteiger partial charge in [0.1, 0.15) is 5.75 Å². The SMILES string of the molecule is O=C1NCCN1CCNCc1ccccc1O. The summed E-state index contributed by atoms with van der Waals surface area (Å²) in [4.78, 5) is 13.0. The van der Waals surface area contributed by atoms with Crippen LogP contribution in [0.4, 0.5) is 4.79 Å². The molecule has 0 aromatic heterocycles. The van der Waals surface area contributed by atoms with E-state index in [1.54, 1.807) is 17.0 Å². The van der Waals surface area contributed by atoms with Crippen molar-refractivity contribution in [3.8, 4) is 5.75 Å². The number of aromatic hydroxyl groups is 1. The monoisotopic (exact) mass is 235 g/mol. The molecule has 1 fully saturated rings. The average Bonchev–Trinajstić information content (AvgIpc) is 2.73. The van der Waals surface area contributed by atoms with Crippen LogP contribution in [0.15, 0.2) is 24.3 Å². The predicted molar refractivity (Wildman–Crippen MR) is 64.8 cm³/mol. The quantitative estimate of drug-likeness (QED) is 0.651. The third kappa shape index (κ3) is 3.10. The zero-order chi connectivity index (χ0) is 12.1. The number of benzene rings is 1. The Hall–Kier alpha value is -1.75. The van der Waals surface area contributed by atoms with Crippen LogP contribution in [0.5, 0.6) is 5.75 Å². The van der Waals surface area contributed by atoms with Crippen molar-refractivity contribution in [2.75, 3.05) is 26.2 Å². The van der Waals surface area contributed by atoms with E-state index in [1.165, 1.54) is 0 Å². The highest BCUT2D eigenvalue weighted by Gasteiger charge is 2.17. The molecule has 3 N–H and O–H groups in total. The fourth-order valence-electron chi connectivity index (χ4n) is 1.82. The highest BCUT2D eigenvalue weighted by molar-refractivity contribution is 5.76. The number of hydrogen-bond donors (Lipinski definition) is 3. The maximum Gasteiger partial charge on any atom is 0.317 e. The Morgan fingerprint density at radius 2 is 2.24 bits per heavy atom. The zero-order valence-electron chi connectivity index (χ0n) is 9.65. The summed E-state index contributed by atoms with van der Waals surface area (Å²) in [6.45, 7) is 3.54. The molecule has 1 saturated heterocycles. The minimum atomic E-state index is 0.00867. The Morgan fingerprint density at radius 1 is 1.41 bits per heavy atom. The number of nitrogens with one attached hydrogen (secondary N) is 2. The average molecular weight is 235 g/mol. The van der Waals surface area contributed by atoms with E-state index in [0.29, 0.717) is 18.8 Å². The highest BCUT2D eigenvalue weighted by Crippen LogP contribution is 2.14. The molecular formula is C12H17N3O2. The van der Waals surface area contributed by atoms with E-state index in [9.17, 15) is 9.90 Å². The molecule has 5 nitrogen and oxygen atoms in total. The lowest BCUT2D eigenvalue weighted by atomic mass is 10.2. The van der Waals surface area contributed by atoms with Crippen molar-refractivity contribution in [2.45, 2.75) is 6.54 Å². The molecular weight excluding hydrogens is 218 g/mol. The minimum Gasteiger partial charge on any atom is -0.508 e. The van der Waals surface area contributed by atoms with Gasteiger partial charge in [0.05, 0.1) is 0 Å². The number of phenolic OH excluding ortho intramolecular Hbond substituents is 1. The Bertz CT molecular complexity index is 395. The van der Waals surface area contributed by atoms with Crippen LogP contribution in [0.3, 0.4) is 0 Å². The van der Waals surface area contributed by atoms with Gasteiger partial charge in [0.15, 0.2) is 0 Å². The van der Waals surface area contributed by atoms with Crippen LogP contribution < -0.4 is 10.6 Å². The van der Waals surface area contributed by atoms with E-state index in [0.717, 1.165) is 25.2 Å². The topological polar surface area (TPSA) is 64.6 Å². The second-order valence-corrected chi connectivity index (χ2v) is 4.02. The number of carbonyl (C=O) groups is 1. The van der Waals surface area contributed by atoms with Crippen molar-refractivity contribution < 1.29 is 9.90 Å². The smallest absolute Gasteiger partial charge is 0.317 e. The Labute approximate surface area is 100 Å². The van der Waals surface area contributed by atoms with Crippen LogP contribution in [0.2, 0.25) is 0 Å². The first-order valence-electron chi connectivity index (χ1n) is 5.78. The lowest BCUT2D eigenvalue weighted by Gasteiger charge is -2.14. The first kappa shape index (κ1) is 11.7. The molecule has 1 aromatic carbocycles. The Balaban J connectivity index is 1.70. The molecule has 0 unspecified atom stereocenters. The molecule has 0 bridgehead atoms. The predicted octanol–water partition coefficient (Wildman–Crippen LogP) is 0.507. The molecule has 1 aliphatic heterocycles.